The molecule has 0 aliphatic carbocycles. The maximum Gasteiger partial charge on any atom is 0.324 e. The first-order chi connectivity index (χ1) is 11.1. The smallest absolute Gasteiger partial charge is 0.307 e. The van der Waals surface area contributed by atoms with Crippen molar-refractivity contribution in [3.8, 4) is 5.82 Å². The molecule has 2 heterocycles. The number of rotatable bonds is 3. The highest BCUT2D eigenvalue weighted by Gasteiger charge is 2.07. The summed E-state index contributed by atoms with van der Waals surface area (Å²) in [6.07, 6.45) is 4.80. The SMILES string of the molecule is Cc1ccc(NC(=O)Nc2cc(-n3cccn3)ncn2)c(C)c1. The lowest BCUT2D eigenvalue weighted by molar-refractivity contribution is 0.262. The zero-order valence-corrected chi connectivity index (χ0v) is 12.8. The van der Waals surface area contributed by atoms with Crippen molar-refractivity contribution in [2.45, 2.75) is 13.8 Å². The number of urea groups is 1. The Morgan fingerprint density at radius 1 is 1.13 bits per heavy atom. The van der Waals surface area contributed by atoms with E-state index in [0.29, 0.717) is 11.6 Å². The van der Waals surface area contributed by atoms with Gasteiger partial charge in [-0.2, -0.15) is 5.10 Å². The monoisotopic (exact) mass is 308 g/mol. The van der Waals surface area contributed by atoms with Crippen LogP contribution in [0, 0.1) is 13.8 Å². The fraction of sp³-hybridized carbons (Fsp3) is 0.125. The Bertz CT molecular complexity index is 828. The molecule has 2 amide bonds. The number of aromatic nitrogens is 4. The molecule has 7 nitrogen and oxygen atoms in total. The van der Waals surface area contributed by atoms with Gasteiger partial charge in [0.2, 0.25) is 0 Å². The number of aryl methyl sites for hydroxylation is 2. The molecular weight excluding hydrogens is 292 g/mol. The quantitative estimate of drug-likeness (QED) is 0.779. The minimum Gasteiger partial charge on any atom is -0.307 e. The Labute approximate surface area is 133 Å². The van der Waals surface area contributed by atoms with Crippen LogP contribution in [0.15, 0.2) is 49.1 Å². The highest BCUT2D eigenvalue weighted by Crippen LogP contribution is 2.16. The van der Waals surface area contributed by atoms with E-state index in [-0.39, 0.29) is 6.03 Å². The molecule has 116 valence electrons. The molecule has 0 aliphatic rings. The molecule has 2 aromatic heterocycles. The highest BCUT2D eigenvalue weighted by atomic mass is 16.2. The van der Waals surface area contributed by atoms with Crippen LogP contribution in [0.25, 0.3) is 5.82 Å². The van der Waals surface area contributed by atoms with Gasteiger partial charge in [-0.1, -0.05) is 17.7 Å². The fourth-order valence-corrected chi connectivity index (χ4v) is 2.17. The lowest BCUT2D eigenvalue weighted by atomic mass is 10.1. The van der Waals surface area contributed by atoms with E-state index >= 15 is 0 Å². The molecule has 2 N–H and O–H groups in total. The maximum atomic E-state index is 12.1. The Morgan fingerprint density at radius 3 is 2.74 bits per heavy atom. The number of hydrogen-bond acceptors (Lipinski definition) is 4. The molecule has 1 aromatic carbocycles. The summed E-state index contributed by atoms with van der Waals surface area (Å²) >= 11 is 0. The third-order valence-electron chi connectivity index (χ3n) is 3.26. The van der Waals surface area contributed by atoms with E-state index in [1.54, 1.807) is 29.2 Å². The highest BCUT2D eigenvalue weighted by molar-refractivity contribution is 5.99. The van der Waals surface area contributed by atoms with Crippen LogP contribution in [-0.4, -0.2) is 25.8 Å². The van der Waals surface area contributed by atoms with Crippen molar-refractivity contribution >= 4 is 17.5 Å². The second-order valence-electron chi connectivity index (χ2n) is 5.11. The van der Waals surface area contributed by atoms with E-state index in [2.05, 4.69) is 25.7 Å². The van der Waals surface area contributed by atoms with Crippen LogP contribution < -0.4 is 10.6 Å². The topological polar surface area (TPSA) is 84.7 Å². The average molecular weight is 308 g/mol. The van der Waals surface area contributed by atoms with Gasteiger partial charge < -0.3 is 5.32 Å². The largest absolute Gasteiger partial charge is 0.324 e. The minimum absolute atomic E-state index is 0.359. The van der Waals surface area contributed by atoms with E-state index in [0.717, 1.165) is 16.8 Å². The number of amides is 2. The molecule has 0 unspecified atom stereocenters. The Balaban J connectivity index is 1.72. The second-order valence-corrected chi connectivity index (χ2v) is 5.11. The summed E-state index contributed by atoms with van der Waals surface area (Å²) in [6.45, 7) is 3.96. The van der Waals surface area contributed by atoms with E-state index in [1.165, 1.54) is 6.33 Å². The lowest BCUT2D eigenvalue weighted by Crippen LogP contribution is -2.21. The minimum atomic E-state index is -0.359. The van der Waals surface area contributed by atoms with E-state index < -0.39 is 0 Å². The van der Waals surface area contributed by atoms with Gasteiger partial charge in [0.25, 0.3) is 0 Å². The van der Waals surface area contributed by atoms with Crippen LogP contribution in [0.2, 0.25) is 0 Å². The first-order valence-corrected chi connectivity index (χ1v) is 7.09. The number of carbonyl (C=O) groups excluding carboxylic acids is 1. The van der Waals surface area contributed by atoms with Crippen LogP contribution in [0.4, 0.5) is 16.3 Å². The third kappa shape index (κ3) is 3.52. The molecule has 3 aromatic rings. The van der Waals surface area contributed by atoms with Crippen LogP contribution in [0.1, 0.15) is 11.1 Å². The summed E-state index contributed by atoms with van der Waals surface area (Å²) in [7, 11) is 0. The first-order valence-electron chi connectivity index (χ1n) is 7.09. The normalized spacial score (nSPS) is 10.3. The first kappa shape index (κ1) is 14.7. The van der Waals surface area contributed by atoms with E-state index in [4.69, 9.17) is 0 Å². The zero-order chi connectivity index (χ0) is 16.2. The average Bonchev–Trinajstić information content (AvgIpc) is 3.05. The standard InChI is InChI=1S/C16H16N6O/c1-11-4-5-13(12(2)8-11)20-16(23)21-14-9-15(18-10-17-14)22-7-3-6-19-22/h3-10H,1-2H3,(H2,17,18,20,21,23). The van der Waals surface area contributed by atoms with E-state index in [1.807, 2.05) is 32.0 Å². The van der Waals surface area contributed by atoms with Crippen molar-refractivity contribution in [2.75, 3.05) is 10.6 Å². The van der Waals surface area contributed by atoms with E-state index in [9.17, 15) is 4.79 Å². The summed E-state index contributed by atoms with van der Waals surface area (Å²) in [4.78, 5) is 20.3. The summed E-state index contributed by atoms with van der Waals surface area (Å²) < 4.78 is 1.59. The van der Waals surface area contributed by atoms with Gasteiger partial charge >= 0.3 is 6.03 Å². The van der Waals surface area contributed by atoms with Crippen LogP contribution >= 0.6 is 0 Å². The summed E-state index contributed by atoms with van der Waals surface area (Å²) in [5.41, 5.74) is 2.91. The van der Waals surface area contributed by atoms with Gasteiger partial charge in [-0.25, -0.2) is 19.4 Å². The second kappa shape index (κ2) is 6.27. The van der Waals surface area contributed by atoms with Crippen LogP contribution in [-0.2, 0) is 0 Å². The van der Waals surface area contributed by atoms with Gasteiger partial charge in [-0.05, 0) is 31.5 Å². The van der Waals surface area contributed by atoms with Gasteiger partial charge in [0.15, 0.2) is 5.82 Å². The Morgan fingerprint density at radius 2 is 2.00 bits per heavy atom. The lowest BCUT2D eigenvalue weighted by Gasteiger charge is -2.10. The third-order valence-corrected chi connectivity index (χ3v) is 3.26. The molecule has 0 saturated carbocycles. The van der Waals surface area contributed by atoms with Crippen molar-refractivity contribution in [3.63, 3.8) is 0 Å². The number of nitrogens with one attached hydrogen (secondary N) is 2. The molecular formula is C16H16N6O. The van der Waals surface area contributed by atoms with Gasteiger partial charge in [0.1, 0.15) is 12.1 Å². The molecule has 0 bridgehead atoms. The maximum absolute atomic E-state index is 12.1. The summed E-state index contributed by atoms with van der Waals surface area (Å²) in [6, 6.07) is 8.91. The van der Waals surface area contributed by atoms with Crippen LogP contribution in [0.5, 0.6) is 0 Å². The van der Waals surface area contributed by atoms with Crippen molar-refractivity contribution in [2.24, 2.45) is 0 Å². The number of anilines is 2. The molecule has 0 radical (unpaired) electrons. The Hall–Kier alpha value is -3.22. The van der Waals surface area contributed by atoms with Gasteiger partial charge in [-0.15, -0.1) is 0 Å². The predicted molar refractivity (Wildman–Crippen MR) is 87.7 cm³/mol. The number of hydrogen-bond donors (Lipinski definition) is 2. The number of carbonyl (C=O) groups is 1. The van der Waals surface area contributed by atoms with Crippen molar-refractivity contribution in [3.05, 3.63) is 60.2 Å². The van der Waals surface area contributed by atoms with Crippen molar-refractivity contribution in [1.82, 2.24) is 19.7 Å². The number of benzene rings is 1. The van der Waals surface area contributed by atoms with Crippen molar-refractivity contribution < 1.29 is 4.79 Å². The van der Waals surface area contributed by atoms with Gasteiger partial charge in [0, 0.05) is 24.1 Å². The molecule has 3 rings (SSSR count). The van der Waals surface area contributed by atoms with Crippen molar-refractivity contribution in [1.29, 1.82) is 0 Å². The fourth-order valence-electron chi connectivity index (χ4n) is 2.17. The zero-order valence-electron chi connectivity index (χ0n) is 12.8. The van der Waals surface area contributed by atoms with Gasteiger partial charge in [0.05, 0.1) is 0 Å². The predicted octanol–water partition coefficient (Wildman–Crippen LogP) is 2.92. The molecule has 23 heavy (non-hydrogen) atoms. The molecule has 7 heteroatoms. The summed E-state index contributed by atoms with van der Waals surface area (Å²) in [5.74, 6) is 0.972. The number of nitrogens with zero attached hydrogens (tertiary/aromatic N) is 4. The Kier molecular flexibility index (Phi) is 4.01. The molecule has 0 fully saturated rings. The summed E-state index contributed by atoms with van der Waals surface area (Å²) in [5, 5.41) is 9.59. The molecule has 0 aliphatic heterocycles. The molecule has 0 saturated heterocycles. The van der Waals surface area contributed by atoms with Crippen LogP contribution in [0.3, 0.4) is 0 Å². The molecule has 0 spiro atoms. The van der Waals surface area contributed by atoms with Gasteiger partial charge in [-0.3, -0.25) is 5.32 Å². The molecule has 0 atom stereocenters.